The number of hydrogen-bond donors (Lipinski definition) is 0. The summed E-state index contributed by atoms with van der Waals surface area (Å²) in [7, 11) is 0. The molecule has 39 heavy (non-hydrogen) atoms. The maximum absolute atomic E-state index is 2.43. The van der Waals surface area contributed by atoms with Crippen molar-refractivity contribution in [2.24, 2.45) is 0 Å². The van der Waals surface area contributed by atoms with E-state index in [1.54, 1.807) is 0 Å². The molecule has 0 atom stereocenters. The summed E-state index contributed by atoms with van der Waals surface area (Å²) in [5.41, 5.74) is 11.5. The van der Waals surface area contributed by atoms with Crippen molar-refractivity contribution < 1.29 is 0 Å². The van der Waals surface area contributed by atoms with Gasteiger partial charge in [0.25, 0.3) is 0 Å². The Kier molecular flexibility index (Phi) is 4.11. The summed E-state index contributed by atoms with van der Waals surface area (Å²) in [5, 5.41) is 7.79. The Hall–Kier alpha value is -5.14. The highest BCUT2D eigenvalue weighted by atomic mass is 15.0. The maximum atomic E-state index is 2.43. The highest BCUT2D eigenvalue weighted by Crippen LogP contribution is 2.48. The number of para-hydroxylation sites is 1. The first kappa shape index (κ1) is 20.9. The Bertz CT molecular complexity index is 2260. The van der Waals surface area contributed by atoms with Crippen molar-refractivity contribution >= 4 is 43.4 Å². The molecule has 0 radical (unpaired) electrons. The van der Waals surface area contributed by atoms with Gasteiger partial charge < -0.3 is 4.57 Å². The molecule has 180 valence electrons. The molecule has 8 aromatic rings. The van der Waals surface area contributed by atoms with Gasteiger partial charge in [-0.15, -0.1) is 0 Å². The summed E-state index contributed by atoms with van der Waals surface area (Å²) in [5.74, 6) is 0. The van der Waals surface area contributed by atoms with Gasteiger partial charge in [0.1, 0.15) is 0 Å². The molecule has 0 fully saturated rings. The lowest BCUT2D eigenvalue weighted by molar-refractivity contribution is 1.19. The second-order valence-electron chi connectivity index (χ2n) is 10.6. The molecule has 0 aliphatic heterocycles. The number of benzene rings is 7. The van der Waals surface area contributed by atoms with E-state index in [0.717, 1.165) is 0 Å². The van der Waals surface area contributed by atoms with Gasteiger partial charge in [-0.3, -0.25) is 0 Å². The normalized spacial score (nSPS) is 12.1. The van der Waals surface area contributed by atoms with E-state index in [1.807, 2.05) is 0 Å². The molecule has 0 N–H and O–H groups in total. The standard InChI is InChI=1S/C38H23N/c1-2-10-29-25(8-1)18-21-34-32-13-5-6-15-36(32)39(38(29)34)28-19-16-24(17-20-28)27-22-26-9-7-14-33-30-11-3-4-12-31(30)35(23-27)37(26)33/h1-23H. The molecule has 1 heteroatoms. The van der Waals surface area contributed by atoms with Crippen molar-refractivity contribution in [1.82, 2.24) is 4.57 Å². The van der Waals surface area contributed by atoms with Crippen LogP contribution in [-0.4, -0.2) is 4.57 Å². The van der Waals surface area contributed by atoms with Crippen LogP contribution in [0.4, 0.5) is 0 Å². The van der Waals surface area contributed by atoms with E-state index in [1.165, 1.54) is 82.4 Å². The van der Waals surface area contributed by atoms with E-state index in [2.05, 4.69) is 144 Å². The van der Waals surface area contributed by atoms with Crippen molar-refractivity contribution in [2.45, 2.75) is 0 Å². The van der Waals surface area contributed by atoms with Gasteiger partial charge in [0.15, 0.2) is 0 Å². The minimum absolute atomic E-state index is 1.18. The second kappa shape index (κ2) is 7.69. The van der Waals surface area contributed by atoms with E-state index in [0.29, 0.717) is 0 Å². The van der Waals surface area contributed by atoms with Crippen LogP contribution < -0.4 is 0 Å². The van der Waals surface area contributed by atoms with Crippen LogP contribution in [0.25, 0.3) is 82.4 Å². The van der Waals surface area contributed by atoms with Crippen molar-refractivity contribution in [3.05, 3.63) is 140 Å². The Labute approximate surface area is 226 Å². The maximum Gasteiger partial charge on any atom is 0.0619 e. The number of nitrogens with zero attached hydrogens (tertiary/aromatic N) is 1. The van der Waals surface area contributed by atoms with Crippen molar-refractivity contribution in [3.8, 4) is 39.1 Å². The van der Waals surface area contributed by atoms with Crippen molar-refractivity contribution in [3.63, 3.8) is 0 Å². The third-order valence-electron chi connectivity index (χ3n) is 8.50. The smallest absolute Gasteiger partial charge is 0.0619 e. The Balaban J connectivity index is 1.25. The zero-order valence-electron chi connectivity index (χ0n) is 21.2. The van der Waals surface area contributed by atoms with E-state index >= 15 is 0 Å². The van der Waals surface area contributed by atoms with Gasteiger partial charge in [0.05, 0.1) is 11.0 Å². The molecule has 0 amide bonds. The second-order valence-corrected chi connectivity index (χ2v) is 10.6. The third kappa shape index (κ3) is 2.85. The summed E-state index contributed by atoms with van der Waals surface area (Å²) in [6.45, 7) is 0. The Morgan fingerprint density at radius 1 is 0.385 bits per heavy atom. The van der Waals surface area contributed by atoms with Gasteiger partial charge in [-0.05, 0) is 79.9 Å². The van der Waals surface area contributed by atoms with Gasteiger partial charge in [-0.2, -0.15) is 0 Å². The van der Waals surface area contributed by atoms with Crippen LogP contribution in [0.15, 0.2) is 140 Å². The SMILES string of the molecule is c1ccc2c(c1)-c1cccc3cc(-c4ccc(-n5c6ccccc6c6ccc7ccccc7c65)cc4)cc-2c13. The summed E-state index contributed by atoms with van der Waals surface area (Å²) in [4.78, 5) is 0. The lowest BCUT2D eigenvalue weighted by atomic mass is 9.96. The lowest BCUT2D eigenvalue weighted by Crippen LogP contribution is -1.94. The zero-order chi connectivity index (χ0) is 25.5. The van der Waals surface area contributed by atoms with Gasteiger partial charge >= 0.3 is 0 Å². The number of aromatic nitrogens is 1. The Morgan fingerprint density at radius 2 is 1.08 bits per heavy atom. The fourth-order valence-corrected chi connectivity index (χ4v) is 6.79. The van der Waals surface area contributed by atoms with E-state index in [-0.39, 0.29) is 0 Å². The van der Waals surface area contributed by atoms with Gasteiger partial charge in [0.2, 0.25) is 0 Å². The first-order chi connectivity index (χ1) is 19.3. The first-order valence-corrected chi connectivity index (χ1v) is 13.5. The molecule has 1 aliphatic rings. The molecule has 1 aliphatic carbocycles. The highest BCUT2D eigenvalue weighted by molar-refractivity contribution is 6.19. The van der Waals surface area contributed by atoms with Crippen LogP contribution in [-0.2, 0) is 0 Å². The molecular formula is C38H23N. The summed E-state index contributed by atoms with van der Waals surface area (Å²) < 4.78 is 2.43. The first-order valence-electron chi connectivity index (χ1n) is 13.5. The van der Waals surface area contributed by atoms with Crippen LogP contribution in [0.2, 0.25) is 0 Å². The molecule has 7 aromatic carbocycles. The average molecular weight is 494 g/mol. The predicted octanol–water partition coefficient (Wildman–Crippen LogP) is 10.4. The molecule has 0 spiro atoms. The minimum atomic E-state index is 1.18. The molecule has 1 nitrogen and oxygen atoms in total. The summed E-state index contributed by atoms with van der Waals surface area (Å²) in [6, 6.07) is 51.2. The summed E-state index contributed by atoms with van der Waals surface area (Å²) >= 11 is 0. The quantitative estimate of drug-likeness (QED) is 0.226. The third-order valence-corrected chi connectivity index (χ3v) is 8.50. The van der Waals surface area contributed by atoms with E-state index < -0.39 is 0 Å². The predicted molar refractivity (Wildman–Crippen MR) is 166 cm³/mol. The van der Waals surface area contributed by atoms with Gasteiger partial charge in [-0.25, -0.2) is 0 Å². The van der Waals surface area contributed by atoms with Crippen molar-refractivity contribution in [1.29, 1.82) is 0 Å². The number of hydrogen-bond acceptors (Lipinski definition) is 0. The largest absolute Gasteiger partial charge is 0.309 e. The fourth-order valence-electron chi connectivity index (χ4n) is 6.79. The molecule has 0 unspecified atom stereocenters. The van der Waals surface area contributed by atoms with Crippen molar-refractivity contribution in [2.75, 3.05) is 0 Å². The number of fused-ring (bicyclic) bond motifs is 8. The van der Waals surface area contributed by atoms with E-state index in [9.17, 15) is 0 Å². The van der Waals surface area contributed by atoms with Crippen LogP contribution in [0.3, 0.4) is 0 Å². The topological polar surface area (TPSA) is 4.93 Å². The highest BCUT2D eigenvalue weighted by Gasteiger charge is 2.21. The average Bonchev–Trinajstić information content (AvgIpc) is 3.52. The molecule has 9 rings (SSSR count). The zero-order valence-corrected chi connectivity index (χ0v) is 21.2. The van der Waals surface area contributed by atoms with Gasteiger partial charge in [0, 0.05) is 21.8 Å². The molecule has 0 saturated heterocycles. The molecule has 1 heterocycles. The minimum Gasteiger partial charge on any atom is -0.309 e. The summed E-state index contributed by atoms with van der Waals surface area (Å²) in [6.07, 6.45) is 0. The van der Waals surface area contributed by atoms with Crippen LogP contribution in [0, 0.1) is 0 Å². The number of rotatable bonds is 2. The molecular weight excluding hydrogens is 470 g/mol. The van der Waals surface area contributed by atoms with E-state index in [4.69, 9.17) is 0 Å². The monoisotopic (exact) mass is 493 g/mol. The molecule has 0 bridgehead atoms. The molecule has 1 aromatic heterocycles. The van der Waals surface area contributed by atoms with Crippen LogP contribution >= 0.6 is 0 Å². The molecule has 0 saturated carbocycles. The lowest BCUT2D eigenvalue weighted by Gasteiger charge is -2.12. The van der Waals surface area contributed by atoms with Crippen LogP contribution in [0.5, 0.6) is 0 Å². The Morgan fingerprint density at radius 3 is 1.95 bits per heavy atom. The fraction of sp³-hybridized carbons (Fsp3) is 0. The van der Waals surface area contributed by atoms with Crippen LogP contribution in [0.1, 0.15) is 0 Å². The van der Waals surface area contributed by atoms with Gasteiger partial charge in [-0.1, -0.05) is 109 Å².